The number of carbonyl (C=O) groups excluding carboxylic acids is 1. The number of nitrogens with zero attached hydrogens (tertiary/aromatic N) is 2. The maximum atomic E-state index is 12.6. The van der Waals surface area contributed by atoms with E-state index < -0.39 is 0 Å². The van der Waals surface area contributed by atoms with Crippen LogP contribution in [0.3, 0.4) is 0 Å². The maximum Gasteiger partial charge on any atom is 0.225 e. The first-order chi connectivity index (χ1) is 10.8. The molecule has 0 saturated heterocycles. The van der Waals surface area contributed by atoms with Gasteiger partial charge in [-0.3, -0.25) is 4.79 Å². The summed E-state index contributed by atoms with van der Waals surface area (Å²) >= 11 is 0. The van der Waals surface area contributed by atoms with Crippen LogP contribution >= 0.6 is 0 Å². The van der Waals surface area contributed by atoms with E-state index in [4.69, 9.17) is 0 Å². The van der Waals surface area contributed by atoms with E-state index in [1.807, 2.05) is 35.2 Å². The van der Waals surface area contributed by atoms with Crippen molar-refractivity contribution >= 4 is 23.6 Å². The molecule has 0 radical (unpaired) electrons. The molecule has 4 heteroatoms. The molecule has 1 aromatic carbocycles. The minimum absolute atomic E-state index is 0. The Labute approximate surface area is 153 Å². The SMILES string of the molecule is O=C(C[n+]1ccccc1)C1=Cc2cccc3c2N(CC=C3)C1.[I-]. The topological polar surface area (TPSA) is 24.2 Å². The second-order valence-corrected chi connectivity index (χ2v) is 5.71. The third-order valence-corrected chi connectivity index (χ3v) is 4.19. The molecule has 3 nitrogen and oxygen atoms in total. The lowest BCUT2D eigenvalue weighted by Crippen LogP contribution is -3.00. The van der Waals surface area contributed by atoms with E-state index in [2.05, 4.69) is 41.3 Å². The van der Waals surface area contributed by atoms with Crippen LogP contribution in [0, 0.1) is 0 Å². The number of hydrogen-bond acceptors (Lipinski definition) is 2. The summed E-state index contributed by atoms with van der Waals surface area (Å²) in [4.78, 5) is 14.9. The first-order valence-corrected chi connectivity index (χ1v) is 7.53. The van der Waals surface area contributed by atoms with E-state index in [-0.39, 0.29) is 29.8 Å². The minimum Gasteiger partial charge on any atom is -1.00 e. The van der Waals surface area contributed by atoms with Crippen LogP contribution in [-0.2, 0) is 11.3 Å². The van der Waals surface area contributed by atoms with Gasteiger partial charge < -0.3 is 28.9 Å². The number of carbonyl (C=O) groups is 1. The van der Waals surface area contributed by atoms with E-state index in [1.165, 1.54) is 11.3 Å². The Hall–Kier alpha value is -1.95. The van der Waals surface area contributed by atoms with Crippen molar-refractivity contribution in [2.24, 2.45) is 0 Å². The molecule has 4 rings (SSSR count). The summed E-state index contributed by atoms with van der Waals surface area (Å²) in [7, 11) is 0. The van der Waals surface area contributed by atoms with Crippen molar-refractivity contribution in [3.05, 3.63) is 71.6 Å². The number of rotatable bonds is 3. The number of aromatic nitrogens is 1. The van der Waals surface area contributed by atoms with Gasteiger partial charge in [0.2, 0.25) is 12.3 Å². The number of ketones is 1. The molecule has 0 amide bonds. The molecule has 3 heterocycles. The highest BCUT2D eigenvalue weighted by molar-refractivity contribution is 6.02. The summed E-state index contributed by atoms with van der Waals surface area (Å²) < 4.78 is 1.92. The van der Waals surface area contributed by atoms with Crippen molar-refractivity contribution in [1.29, 1.82) is 0 Å². The Morgan fingerprint density at radius 1 is 1.09 bits per heavy atom. The van der Waals surface area contributed by atoms with Crippen LogP contribution in [0.2, 0.25) is 0 Å². The van der Waals surface area contributed by atoms with Gasteiger partial charge in [0, 0.05) is 30.8 Å². The van der Waals surface area contributed by atoms with Crippen molar-refractivity contribution in [3.63, 3.8) is 0 Å². The number of pyridine rings is 1. The van der Waals surface area contributed by atoms with Crippen molar-refractivity contribution < 1.29 is 33.3 Å². The number of Topliss-reactive ketones (excluding diaryl/α,β-unsaturated/α-hetero) is 1. The fourth-order valence-corrected chi connectivity index (χ4v) is 3.15. The molecule has 2 aliphatic heterocycles. The molecule has 0 spiro atoms. The van der Waals surface area contributed by atoms with E-state index in [0.29, 0.717) is 13.1 Å². The zero-order valence-corrected chi connectivity index (χ0v) is 14.8. The largest absolute Gasteiger partial charge is 1.00 e. The lowest BCUT2D eigenvalue weighted by molar-refractivity contribution is -0.684. The highest BCUT2D eigenvalue weighted by Crippen LogP contribution is 2.35. The molecule has 0 atom stereocenters. The quantitative estimate of drug-likeness (QED) is 0.497. The van der Waals surface area contributed by atoms with Gasteiger partial charge in [-0.05, 0) is 17.2 Å². The van der Waals surface area contributed by atoms with Crippen molar-refractivity contribution in [1.82, 2.24) is 0 Å². The normalized spacial score (nSPS) is 14.6. The summed E-state index contributed by atoms with van der Waals surface area (Å²) in [5.41, 5.74) is 4.53. The van der Waals surface area contributed by atoms with Gasteiger partial charge in [-0.25, -0.2) is 0 Å². The predicted molar refractivity (Wildman–Crippen MR) is 87.3 cm³/mol. The van der Waals surface area contributed by atoms with E-state index >= 15 is 0 Å². The highest BCUT2D eigenvalue weighted by Gasteiger charge is 2.25. The van der Waals surface area contributed by atoms with Gasteiger partial charge in [0.1, 0.15) is 0 Å². The second kappa shape index (κ2) is 6.66. The Morgan fingerprint density at radius 3 is 2.70 bits per heavy atom. The van der Waals surface area contributed by atoms with Crippen LogP contribution in [0.1, 0.15) is 11.1 Å². The van der Waals surface area contributed by atoms with Gasteiger partial charge in [0.05, 0.1) is 5.69 Å². The maximum absolute atomic E-state index is 12.6. The van der Waals surface area contributed by atoms with Crippen molar-refractivity contribution in [3.8, 4) is 0 Å². The average molecular weight is 416 g/mol. The third kappa shape index (κ3) is 3.08. The zero-order chi connectivity index (χ0) is 14.9. The Kier molecular flexibility index (Phi) is 4.61. The predicted octanol–water partition coefficient (Wildman–Crippen LogP) is -0.522. The van der Waals surface area contributed by atoms with E-state index in [9.17, 15) is 4.79 Å². The molecule has 0 aliphatic carbocycles. The first-order valence-electron chi connectivity index (χ1n) is 7.53. The molecule has 0 saturated carbocycles. The van der Waals surface area contributed by atoms with Gasteiger partial charge in [-0.1, -0.05) is 36.4 Å². The van der Waals surface area contributed by atoms with Crippen molar-refractivity contribution in [2.75, 3.05) is 18.0 Å². The molecule has 1 aromatic heterocycles. The van der Waals surface area contributed by atoms with Crippen LogP contribution in [0.5, 0.6) is 0 Å². The molecule has 0 N–H and O–H groups in total. The summed E-state index contributed by atoms with van der Waals surface area (Å²) in [5, 5.41) is 0. The highest BCUT2D eigenvalue weighted by atomic mass is 127. The molecular formula is C19H17IN2O. The molecule has 0 fully saturated rings. The smallest absolute Gasteiger partial charge is 0.225 e. The second-order valence-electron chi connectivity index (χ2n) is 5.71. The standard InChI is InChI=1S/C19H17N2O.HI/c22-18(14-20-9-2-1-3-10-20)17-12-16-7-4-6-15-8-5-11-21(13-17)19(15)16;/h1-10,12H,11,13-14H2;1H/q+1;/p-1. The van der Waals surface area contributed by atoms with Crippen LogP contribution < -0.4 is 33.4 Å². The summed E-state index contributed by atoms with van der Waals surface area (Å²) in [5.74, 6) is 0.182. The lowest BCUT2D eigenvalue weighted by Gasteiger charge is -2.33. The minimum atomic E-state index is 0. The third-order valence-electron chi connectivity index (χ3n) is 4.19. The van der Waals surface area contributed by atoms with Gasteiger partial charge in [0.15, 0.2) is 12.4 Å². The Morgan fingerprint density at radius 2 is 1.87 bits per heavy atom. The summed E-state index contributed by atoms with van der Waals surface area (Å²) in [6, 6.07) is 12.1. The fraction of sp³-hybridized carbons (Fsp3) is 0.158. The Bertz CT molecular complexity index is 796. The molecule has 116 valence electrons. The molecule has 2 aliphatic rings. The van der Waals surface area contributed by atoms with Gasteiger partial charge in [-0.15, -0.1) is 0 Å². The van der Waals surface area contributed by atoms with Gasteiger partial charge >= 0.3 is 0 Å². The number of benzene rings is 1. The molecular weight excluding hydrogens is 399 g/mol. The molecule has 2 aromatic rings. The van der Waals surface area contributed by atoms with E-state index in [0.717, 1.165) is 17.7 Å². The van der Waals surface area contributed by atoms with Crippen LogP contribution in [0.15, 0.2) is 60.4 Å². The number of halogens is 1. The van der Waals surface area contributed by atoms with Crippen molar-refractivity contribution in [2.45, 2.75) is 6.54 Å². The fourth-order valence-electron chi connectivity index (χ4n) is 3.15. The zero-order valence-electron chi connectivity index (χ0n) is 12.7. The molecule has 23 heavy (non-hydrogen) atoms. The Balaban J connectivity index is 0.00000156. The van der Waals surface area contributed by atoms with Gasteiger partial charge in [0.25, 0.3) is 0 Å². The summed E-state index contributed by atoms with van der Waals surface area (Å²) in [6.45, 7) is 1.96. The average Bonchev–Trinajstić information content (AvgIpc) is 2.56. The van der Waals surface area contributed by atoms with Crippen LogP contribution in [-0.4, -0.2) is 18.9 Å². The molecule has 0 bridgehead atoms. The monoisotopic (exact) mass is 416 g/mol. The summed E-state index contributed by atoms with van der Waals surface area (Å²) in [6.07, 6.45) is 10.2. The molecule has 0 unspecified atom stereocenters. The van der Waals surface area contributed by atoms with Crippen LogP contribution in [0.25, 0.3) is 12.2 Å². The first kappa shape index (κ1) is 15.9. The van der Waals surface area contributed by atoms with Gasteiger partial charge in [-0.2, -0.15) is 4.57 Å². The number of hydrogen-bond donors (Lipinski definition) is 0. The number of para-hydroxylation sites is 1. The van der Waals surface area contributed by atoms with E-state index in [1.54, 1.807) is 0 Å². The van der Waals surface area contributed by atoms with Crippen LogP contribution in [0.4, 0.5) is 5.69 Å². The lowest BCUT2D eigenvalue weighted by atomic mass is 9.94. The number of anilines is 1.